The van der Waals surface area contributed by atoms with E-state index in [9.17, 15) is 0 Å². The molecule has 0 aromatic heterocycles. The SMILES string of the molecule is Clc1cccc(-c2cc(Cl)c(Cl)cc2Cl)c1. The topological polar surface area (TPSA) is 0 Å². The maximum Gasteiger partial charge on any atom is 0.0607 e. The highest BCUT2D eigenvalue weighted by Gasteiger charge is 2.08. The Bertz CT molecular complexity index is 535. The van der Waals surface area contributed by atoms with Crippen LogP contribution in [0.5, 0.6) is 0 Å². The average molecular weight is 292 g/mol. The predicted molar refractivity (Wildman–Crippen MR) is 71.9 cm³/mol. The summed E-state index contributed by atoms with van der Waals surface area (Å²) in [5.74, 6) is 0. The van der Waals surface area contributed by atoms with Gasteiger partial charge in [-0.15, -0.1) is 0 Å². The van der Waals surface area contributed by atoms with Crippen LogP contribution in [0, 0.1) is 0 Å². The lowest BCUT2D eigenvalue weighted by molar-refractivity contribution is 1.61. The monoisotopic (exact) mass is 290 g/mol. The van der Waals surface area contributed by atoms with Gasteiger partial charge in [0.1, 0.15) is 0 Å². The van der Waals surface area contributed by atoms with E-state index in [1.54, 1.807) is 18.2 Å². The van der Waals surface area contributed by atoms with Crippen molar-refractivity contribution < 1.29 is 0 Å². The van der Waals surface area contributed by atoms with Crippen LogP contribution in [-0.4, -0.2) is 0 Å². The third-order valence-electron chi connectivity index (χ3n) is 2.15. The third kappa shape index (κ3) is 2.46. The zero-order valence-electron chi connectivity index (χ0n) is 7.98. The highest BCUT2D eigenvalue weighted by atomic mass is 35.5. The van der Waals surface area contributed by atoms with Crippen molar-refractivity contribution in [3.8, 4) is 11.1 Å². The first-order valence-corrected chi connectivity index (χ1v) is 5.99. The molecule has 82 valence electrons. The molecule has 0 spiro atoms. The summed E-state index contributed by atoms with van der Waals surface area (Å²) in [7, 11) is 0. The Kier molecular flexibility index (Phi) is 3.66. The van der Waals surface area contributed by atoms with Crippen LogP contribution < -0.4 is 0 Å². The predicted octanol–water partition coefficient (Wildman–Crippen LogP) is 5.97. The minimum atomic E-state index is 0.442. The molecule has 0 unspecified atom stereocenters. The molecule has 2 rings (SSSR count). The smallest absolute Gasteiger partial charge is 0.0607 e. The quantitative estimate of drug-likeness (QED) is 0.568. The largest absolute Gasteiger partial charge is 0.0843 e. The molecule has 0 N–H and O–H groups in total. The Labute approximate surface area is 114 Å². The molecule has 16 heavy (non-hydrogen) atoms. The average Bonchev–Trinajstić information content (AvgIpc) is 2.23. The Hall–Kier alpha value is -0.400. The molecule has 0 aliphatic heterocycles. The fourth-order valence-corrected chi connectivity index (χ4v) is 2.25. The minimum Gasteiger partial charge on any atom is -0.0843 e. The van der Waals surface area contributed by atoms with Crippen LogP contribution in [0.15, 0.2) is 36.4 Å². The zero-order chi connectivity index (χ0) is 11.7. The fraction of sp³-hybridized carbons (Fsp3) is 0. The van der Waals surface area contributed by atoms with Gasteiger partial charge in [-0.2, -0.15) is 0 Å². The van der Waals surface area contributed by atoms with Gasteiger partial charge in [0.15, 0.2) is 0 Å². The molecule has 0 aliphatic rings. The molecule has 0 atom stereocenters. The lowest BCUT2D eigenvalue weighted by Crippen LogP contribution is -1.81. The zero-order valence-corrected chi connectivity index (χ0v) is 11.0. The number of hydrogen-bond acceptors (Lipinski definition) is 0. The third-order valence-corrected chi connectivity index (χ3v) is 3.42. The molecule has 0 heterocycles. The van der Waals surface area contributed by atoms with E-state index >= 15 is 0 Å². The summed E-state index contributed by atoms with van der Waals surface area (Å²) in [6.45, 7) is 0. The van der Waals surface area contributed by atoms with Gasteiger partial charge in [-0.1, -0.05) is 58.5 Å². The molecule has 0 nitrogen and oxygen atoms in total. The number of benzene rings is 2. The fourth-order valence-electron chi connectivity index (χ4n) is 1.40. The Morgan fingerprint density at radius 3 is 2.06 bits per heavy atom. The number of hydrogen-bond donors (Lipinski definition) is 0. The number of halogens is 4. The van der Waals surface area contributed by atoms with E-state index in [-0.39, 0.29) is 0 Å². The first-order chi connectivity index (χ1) is 7.58. The summed E-state index contributed by atoms with van der Waals surface area (Å²) in [6.07, 6.45) is 0. The van der Waals surface area contributed by atoms with Crippen molar-refractivity contribution in [2.24, 2.45) is 0 Å². The van der Waals surface area contributed by atoms with E-state index in [1.807, 2.05) is 18.2 Å². The van der Waals surface area contributed by atoms with E-state index in [0.717, 1.165) is 11.1 Å². The van der Waals surface area contributed by atoms with Crippen molar-refractivity contribution >= 4 is 46.4 Å². The lowest BCUT2D eigenvalue weighted by Gasteiger charge is -2.07. The van der Waals surface area contributed by atoms with Crippen molar-refractivity contribution in [1.82, 2.24) is 0 Å². The van der Waals surface area contributed by atoms with Crippen molar-refractivity contribution in [2.45, 2.75) is 0 Å². The van der Waals surface area contributed by atoms with E-state index in [2.05, 4.69) is 0 Å². The molecular formula is C12H6Cl4. The van der Waals surface area contributed by atoms with Gasteiger partial charge >= 0.3 is 0 Å². The van der Waals surface area contributed by atoms with Gasteiger partial charge in [0.05, 0.1) is 10.0 Å². The Balaban J connectivity index is 2.60. The molecule has 0 amide bonds. The van der Waals surface area contributed by atoms with Gasteiger partial charge in [0, 0.05) is 15.6 Å². The molecule has 2 aromatic rings. The molecule has 0 aliphatic carbocycles. The van der Waals surface area contributed by atoms with Crippen LogP contribution in [0.25, 0.3) is 11.1 Å². The standard InChI is InChI=1S/C12H6Cl4/c13-8-3-1-2-7(4-8)9-5-11(15)12(16)6-10(9)14/h1-6H. The normalized spacial score (nSPS) is 10.5. The minimum absolute atomic E-state index is 0.442. The van der Waals surface area contributed by atoms with Crippen LogP contribution in [0.4, 0.5) is 0 Å². The maximum absolute atomic E-state index is 6.10. The Morgan fingerprint density at radius 1 is 0.688 bits per heavy atom. The lowest BCUT2D eigenvalue weighted by atomic mass is 10.1. The number of rotatable bonds is 1. The van der Waals surface area contributed by atoms with Gasteiger partial charge in [-0.3, -0.25) is 0 Å². The van der Waals surface area contributed by atoms with Crippen LogP contribution >= 0.6 is 46.4 Å². The van der Waals surface area contributed by atoms with E-state index in [1.165, 1.54) is 0 Å². The van der Waals surface area contributed by atoms with E-state index < -0.39 is 0 Å². The highest BCUT2D eigenvalue weighted by Crippen LogP contribution is 2.35. The maximum atomic E-state index is 6.10. The first-order valence-electron chi connectivity index (χ1n) is 4.48. The van der Waals surface area contributed by atoms with Gasteiger partial charge in [0.2, 0.25) is 0 Å². The van der Waals surface area contributed by atoms with Crippen LogP contribution in [-0.2, 0) is 0 Å². The molecule has 0 saturated carbocycles. The molecule has 2 aromatic carbocycles. The molecular weight excluding hydrogens is 286 g/mol. The van der Waals surface area contributed by atoms with Gasteiger partial charge in [-0.05, 0) is 29.8 Å². The second-order valence-corrected chi connectivity index (χ2v) is 4.91. The van der Waals surface area contributed by atoms with Crippen LogP contribution in [0.2, 0.25) is 20.1 Å². The van der Waals surface area contributed by atoms with Crippen LogP contribution in [0.1, 0.15) is 0 Å². The van der Waals surface area contributed by atoms with Crippen molar-refractivity contribution in [3.63, 3.8) is 0 Å². The van der Waals surface area contributed by atoms with Gasteiger partial charge in [0.25, 0.3) is 0 Å². The van der Waals surface area contributed by atoms with Crippen molar-refractivity contribution in [1.29, 1.82) is 0 Å². The van der Waals surface area contributed by atoms with Gasteiger partial charge in [-0.25, -0.2) is 0 Å². The summed E-state index contributed by atoms with van der Waals surface area (Å²) >= 11 is 23.8. The molecule has 0 radical (unpaired) electrons. The molecule has 0 bridgehead atoms. The van der Waals surface area contributed by atoms with Crippen molar-refractivity contribution in [3.05, 3.63) is 56.5 Å². The Morgan fingerprint density at radius 2 is 1.38 bits per heavy atom. The summed E-state index contributed by atoms with van der Waals surface area (Å²) < 4.78 is 0. The second-order valence-electron chi connectivity index (χ2n) is 3.26. The summed E-state index contributed by atoms with van der Waals surface area (Å²) in [5.41, 5.74) is 1.73. The summed E-state index contributed by atoms with van der Waals surface area (Å²) in [4.78, 5) is 0. The summed E-state index contributed by atoms with van der Waals surface area (Å²) in [6, 6.07) is 10.8. The van der Waals surface area contributed by atoms with E-state index in [0.29, 0.717) is 20.1 Å². The molecule has 4 heteroatoms. The van der Waals surface area contributed by atoms with E-state index in [4.69, 9.17) is 46.4 Å². The molecule has 0 saturated heterocycles. The summed E-state index contributed by atoms with van der Waals surface area (Å²) in [5, 5.41) is 2.12. The van der Waals surface area contributed by atoms with Crippen LogP contribution in [0.3, 0.4) is 0 Å². The van der Waals surface area contributed by atoms with Crippen molar-refractivity contribution in [2.75, 3.05) is 0 Å². The highest BCUT2D eigenvalue weighted by molar-refractivity contribution is 6.44. The van der Waals surface area contributed by atoms with Gasteiger partial charge < -0.3 is 0 Å². The first kappa shape index (κ1) is 12.1. The second kappa shape index (κ2) is 4.85. The molecule has 0 fully saturated rings.